The van der Waals surface area contributed by atoms with Crippen molar-refractivity contribution >= 4 is 11.8 Å². The van der Waals surface area contributed by atoms with Gasteiger partial charge in [0.2, 0.25) is 0 Å². The van der Waals surface area contributed by atoms with Crippen LogP contribution in [0, 0.1) is 0 Å². The molecule has 84 valence electrons. The molecule has 0 aliphatic rings. The Morgan fingerprint density at radius 1 is 1.33 bits per heavy atom. The van der Waals surface area contributed by atoms with Gasteiger partial charge in [-0.15, -0.1) is 11.8 Å². The molecule has 0 radical (unpaired) electrons. The minimum Gasteiger partial charge on any atom is -0.389 e. The Morgan fingerprint density at radius 2 is 2.00 bits per heavy atom. The van der Waals surface area contributed by atoms with Gasteiger partial charge >= 0.3 is 0 Å². The highest BCUT2D eigenvalue weighted by atomic mass is 32.2. The van der Waals surface area contributed by atoms with Crippen LogP contribution in [0.2, 0.25) is 0 Å². The molecule has 2 nitrogen and oxygen atoms in total. The van der Waals surface area contributed by atoms with Gasteiger partial charge in [-0.3, -0.25) is 0 Å². The van der Waals surface area contributed by atoms with Crippen molar-refractivity contribution in [3.8, 4) is 0 Å². The number of hydrogen-bond donors (Lipinski definition) is 2. The van der Waals surface area contributed by atoms with Crippen molar-refractivity contribution in [2.45, 2.75) is 30.3 Å². The maximum atomic E-state index is 9.69. The molecular formula is C12H19NOS. The van der Waals surface area contributed by atoms with E-state index in [0.717, 1.165) is 18.6 Å². The summed E-state index contributed by atoms with van der Waals surface area (Å²) >= 11 is 1.82. The molecule has 1 aromatic rings. The Hall–Kier alpha value is -0.510. The normalized spacial score (nSPS) is 14.9. The molecule has 1 rings (SSSR count). The summed E-state index contributed by atoms with van der Waals surface area (Å²) in [6, 6.07) is 10.3. The van der Waals surface area contributed by atoms with Gasteiger partial charge in [-0.2, -0.15) is 0 Å². The van der Waals surface area contributed by atoms with Gasteiger partial charge in [-0.05, 0) is 37.7 Å². The second-order valence-electron chi connectivity index (χ2n) is 3.97. The molecule has 0 fully saturated rings. The van der Waals surface area contributed by atoms with E-state index in [-0.39, 0.29) is 0 Å². The number of thioether (sulfide) groups is 1. The third kappa shape index (κ3) is 5.21. The second-order valence-corrected chi connectivity index (χ2v) is 5.13. The van der Waals surface area contributed by atoms with Crippen LogP contribution in [0.3, 0.4) is 0 Å². The Balaban J connectivity index is 2.18. The Morgan fingerprint density at radius 3 is 2.60 bits per heavy atom. The summed E-state index contributed by atoms with van der Waals surface area (Å²) in [6.07, 6.45) is 1.76. The van der Waals surface area contributed by atoms with Crippen LogP contribution in [-0.4, -0.2) is 23.0 Å². The summed E-state index contributed by atoms with van der Waals surface area (Å²) in [5.41, 5.74) is 4.75. The fourth-order valence-corrected chi connectivity index (χ4v) is 2.14. The van der Waals surface area contributed by atoms with Crippen molar-refractivity contribution < 1.29 is 5.11 Å². The van der Waals surface area contributed by atoms with Crippen LogP contribution >= 0.6 is 11.8 Å². The first-order valence-corrected chi connectivity index (χ1v) is 6.23. The van der Waals surface area contributed by atoms with Gasteiger partial charge < -0.3 is 10.8 Å². The molecule has 0 spiro atoms. The largest absolute Gasteiger partial charge is 0.389 e. The van der Waals surface area contributed by atoms with Gasteiger partial charge in [-0.25, -0.2) is 0 Å². The van der Waals surface area contributed by atoms with Gasteiger partial charge in [0.15, 0.2) is 0 Å². The highest BCUT2D eigenvalue weighted by Crippen LogP contribution is 2.20. The molecule has 15 heavy (non-hydrogen) atoms. The minimum absolute atomic E-state index is 0.336. The summed E-state index contributed by atoms with van der Waals surface area (Å²) in [5.74, 6) is 1.03. The summed E-state index contributed by atoms with van der Waals surface area (Å²) < 4.78 is 0. The van der Waals surface area contributed by atoms with E-state index in [0.29, 0.717) is 6.54 Å². The molecular weight excluding hydrogens is 206 g/mol. The molecule has 0 saturated heterocycles. The van der Waals surface area contributed by atoms with Gasteiger partial charge in [0.05, 0.1) is 5.60 Å². The Kier molecular flexibility index (Phi) is 5.15. The average Bonchev–Trinajstić information content (AvgIpc) is 2.26. The van der Waals surface area contributed by atoms with Crippen molar-refractivity contribution in [3.63, 3.8) is 0 Å². The van der Waals surface area contributed by atoms with Crippen LogP contribution < -0.4 is 5.73 Å². The monoisotopic (exact) mass is 225 g/mol. The van der Waals surface area contributed by atoms with E-state index in [1.54, 1.807) is 6.92 Å². The molecule has 1 unspecified atom stereocenters. The lowest BCUT2D eigenvalue weighted by molar-refractivity contribution is 0.0596. The highest BCUT2D eigenvalue weighted by molar-refractivity contribution is 7.99. The zero-order valence-corrected chi connectivity index (χ0v) is 9.96. The molecule has 3 heteroatoms. The SMILES string of the molecule is CC(O)(CN)CCCSc1ccccc1. The van der Waals surface area contributed by atoms with E-state index in [1.807, 2.05) is 30.0 Å². The summed E-state index contributed by atoms with van der Waals surface area (Å²) in [6.45, 7) is 2.13. The highest BCUT2D eigenvalue weighted by Gasteiger charge is 2.16. The summed E-state index contributed by atoms with van der Waals surface area (Å²) in [7, 11) is 0. The van der Waals surface area contributed by atoms with Gasteiger partial charge in [0, 0.05) is 11.4 Å². The molecule has 0 saturated carbocycles. The van der Waals surface area contributed by atoms with Gasteiger partial charge in [0.1, 0.15) is 0 Å². The smallest absolute Gasteiger partial charge is 0.0741 e. The molecule has 0 bridgehead atoms. The zero-order chi connectivity index (χ0) is 11.1. The van der Waals surface area contributed by atoms with Crippen molar-refractivity contribution in [2.24, 2.45) is 5.73 Å². The summed E-state index contributed by atoms with van der Waals surface area (Å²) in [4.78, 5) is 1.28. The number of benzene rings is 1. The Labute approximate surface area is 95.9 Å². The standard InChI is InChI=1S/C12H19NOS/c1-12(14,10-13)8-5-9-15-11-6-3-2-4-7-11/h2-4,6-7,14H,5,8-10,13H2,1H3. The molecule has 1 atom stereocenters. The predicted octanol–water partition coefficient (Wildman–Crippen LogP) is 2.27. The lowest BCUT2D eigenvalue weighted by Gasteiger charge is -2.20. The number of aliphatic hydroxyl groups is 1. The molecule has 3 N–H and O–H groups in total. The third-order valence-corrected chi connectivity index (χ3v) is 3.41. The van der Waals surface area contributed by atoms with Crippen molar-refractivity contribution in [3.05, 3.63) is 30.3 Å². The molecule has 0 amide bonds. The number of rotatable bonds is 6. The molecule has 1 aromatic carbocycles. The maximum absolute atomic E-state index is 9.69. The van der Waals surface area contributed by atoms with Crippen LogP contribution in [0.1, 0.15) is 19.8 Å². The van der Waals surface area contributed by atoms with E-state index in [4.69, 9.17) is 5.73 Å². The first kappa shape index (κ1) is 12.6. The fourth-order valence-electron chi connectivity index (χ4n) is 1.26. The van der Waals surface area contributed by atoms with E-state index >= 15 is 0 Å². The maximum Gasteiger partial charge on any atom is 0.0741 e. The Bertz CT molecular complexity index is 274. The second kappa shape index (κ2) is 6.16. The van der Waals surface area contributed by atoms with Crippen LogP contribution in [0.25, 0.3) is 0 Å². The van der Waals surface area contributed by atoms with E-state index < -0.39 is 5.60 Å². The molecule has 0 aliphatic carbocycles. The van der Waals surface area contributed by atoms with E-state index in [2.05, 4.69) is 12.1 Å². The predicted molar refractivity (Wildman–Crippen MR) is 66.1 cm³/mol. The lowest BCUT2D eigenvalue weighted by Crippen LogP contribution is -2.34. The van der Waals surface area contributed by atoms with Crippen molar-refractivity contribution in [2.75, 3.05) is 12.3 Å². The van der Waals surface area contributed by atoms with Gasteiger partial charge in [-0.1, -0.05) is 18.2 Å². The zero-order valence-electron chi connectivity index (χ0n) is 9.15. The van der Waals surface area contributed by atoms with Gasteiger partial charge in [0.25, 0.3) is 0 Å². The summed E-state index contributed by atoms with van der Waals surface area (Å²) in [5, 5.41) is 9.69. The number of nitrogens with two attached hydrogens (primary N) is 1. The van der Waals surface area contributed by atoms with Crippen molar-refractivity contribution in [1.82, 2.24) is 0 Å². The van der Waals surface area contributed by atoms with Crippen molar-refractivity contribution in [1.29, 1.82) is 0 Å². The van der Waals surface area contributed by atoms with E-state index in [1.165, 1.54) is 4.90 Å². The van der Waals surface area contributed by atoms with Crippen LogP contribution in [-0.2, 0) is 0 Å². The molecule has 0 aliphatic heterocycles. The van der Waals surface area contributed by atoms with Crippen LogP contribution in [0.5, 0.6) is 0 Å². The lowest BCUT2D eigenvalue weighted by atomic mass is 10.0. The quantitative estimate of drug-likeness (QED) is 0.576. The fraction of sp³-hybridized carbons (Fsp3) is 0.500. The first-order chi connectivity index (χ1) is 7.14. The minimum atomic E-state index is -0.697. The molecule has 0 heterocycles. The van der Waals surface area contributed by atoms with Crippen LogP contribution in [0.15, 0.2) is 35.2 Å². The van der Waals surface area contributed by atoms with E-state index in [9.17, 15) is 5.11 Å². The average molecular weight is 225 g/mol. The molecule has 0 aromatic heterocycles. The number of hydrogen-bond acceptors (Lipinski definition) is 3. The third-order valence-electron chi connectivity index (χ3n) is 2.31. The first-order valence-electron chi connectivity index (χ1n) is 5.24. The van der Waals surface area contributed by atoms with Crippen LogP contribution in [0.4, 0.5) is 0 Å². The topological polar surface area (TPSA) is 46.2 Å².